The lowest BCUT2D eigenvalue weighted by molar-refractivity contribution is -0.131. The molecule has 96 valence electrons. The predicted molar refractivity (Wildman–Crippen MR) is 75.1 cm³/mol. The number of carbonyl (C=O) groups is 1. The van der Waals surface area contributed by atoms with Crippen LogP contribution in [0.5, 0.6) is 0 Å². The largest absolute Gasteiger partial charge is 0.342 e. The van der Waals surface area contributed by atoms with E-state index >= 15 is 0 Å². The molecule has 2 aromatic rings. The maximum Gasteiger partial charge on any atom is 0.242 e. The van der Waals surface area contributed by atoms with Gasteiger partial charge in [0, 0.05) is 13.1 Å². The highest BCUT2D eigenvalue weighted by molar-refractivity contribution is 7.71. The molecule has 0 atom stereocenters. The molecular formula is C13H17N3OS. The molecule has 0 fully saturated rings. The van der Waals surface area contributed by atoms with E-state index < -0.39 is 0 Å². The summed E-state index contributed by atoms with van der Waals surface area (Å²) in [5.74, 6) is 0.0980. The summed E-state index contributed by atoms with van der Waals surface area (Å²) < 4.78 is 2.45. The van der Waals surface area contributed by atoms with E-state index in [4.69, 9.17) is 12.2 Å². The summed E-state index contributed by atoms with van der Waals surface area (Å²) in [5.41, 5.74) is 1.94. The second-order valence-corrected chi connectivity index (χ2v) is 4.49. The number of aromatic amines is 1. The number of benzene rings is 1. The van der Waals surface area contributed by atoms with E-state index in [0.29, 0.717) is 11.3 Å². The van der Waals surface area contributed by atoms with Crippen LogP contribution in [0.25, 0.3) is 11.0 Å². The lowest BCUT2D eigenvalue weighted by atomic mass is 10.3. The molecule has 1 amide bonds. The van der Waals surface area contributed by atoms with Crippen LogP contribution < -0.4 is 0 Å². The topological polar surface area (TPSA) is 41.0 Å². The van der Waals surface area contributed by atoms with Gasteiger partial charge in [0.1, 0.15) is 6.54 Å². The number of imidazole rings is 1. The molecule has 1 aromatic carbocycles. The Balaban J connectivity index is 2.34. The van der Waals surface area contributed by atoms with E-state index in [1.54, 1.807) is 0 Å². The number of amides is 1. The zero-order valence-electron chi connectivity index (χ0n) is 10.6. The molecule has 1 aromatic heterocycles. The van der Waals surface area contributed by atoms with Crippen molar-refractivity contribution < 1.29 is 4.79 Å². The molecule has 5 heteroatoms. The molecule has 0 aliphatic heterocycles. The standard InChI is InChI=1S/C13H17N3OS/c1-3-15(4-2)12(17)9-16-11-8-6-5-7-10(11)14-13(16)18/h5-8H,3-4,9H2,1-2H3,(H,14,18). The normalized spacial score (nSPS) is 10.8. The van der Waals surface area contributed by atoms with Gasteiger partial charge in [-0.1, -0.05) is 12.1 Å². The zero-order valence-corrected chi connectivity index (χ0v) is 11.5. The van der Waals surface area contributed by atoms with Crippen molar-refractivity contribution in [2.24, 2.45) is 0 Å². The highest BCUT2D eigenvalue weighted by Gasteiger charge is 2.12. The van der Waals surface area contributed by atoms with Crippen LogP contribution in [-0.4, -0.2) is 33.4 Å². The molecule has 4 nitrogen and oxygen atoms in total. The van der Waals surface area contributed by atoms with Crippen LogP contribution >= 0.6 is 12.2 Å². The van der Waals surface area contributed by atoms with Crippen LogP contribution in [0.3, 0.4) is 0 Å². The molecule has 0 unspecified atom stereocenters. The van der Waals surface area contributed by atoms with Crippen molar-refractivity contribution in [1.82, 2.24) is 14.5 Å². The fraction of sp³-hybridized carbons (Fsp3) is 0.385. The number of likely N-dealkylation sites (N-methyl/N-ethyl adjacent to an activating group) is 1. The summed E-state index contributed by atoms with van der Waals surface area (Å²) in [6.45, 7) is 5.71. The Bertz CT molecular complexity index is 610. The van der Waals surface area contributed by atoms with E-state index in [-0.39, 0.29) is 5.91 Å². The van der Waals surface area contributed by atoms with Gasteiger partial charge in [0.2, 0.25) is 5.91 Å². The van der Waals surface area contributed by atoms with Crippen molar-refractivity contribution >= 4 is 29.2 Å². The summed E-state index contributed by atoms with van der Waals surface area (Å²) in [4.78, 5) is 17.0. The summed E-state index contributed by atoms with van der Waals surface area (Å²) in [6, 6.07) is 7.83. The monoisotopic (exact) mass is 263 g/mol. The highest BCUT2D eigenvalue weighted by atomic mass is 32.1. The van der Waals surface area contributed by atoms with E-state index in [1.165, 1.54) is 0 Å². The van der Waals surface area contributed by atoms with Gasteiger partial charge in [0.05, 0.1) is 11.0 Å². The molecule has 0 spiro atoms. The Hall–Kier alpha value is -1.62. The molecule has 0 bridgehead atoms. The number of nitrogens with zero attached hydrogens (tertiary/aromatic N) is 2. The third kappa shape index (κ3) is 2.31. The Morgan fingerprint density at radius 3 is 2.67 bits per heavy atom. The van der Waals surface area contributed by atoms with Crippen molar-refractivity contribution in [3.8, 4) is 0 Å². The van der Waals surface area contributed by atoms with E-state index in [1.807, 2.05) is 47.6 Å². The number of rotatable bonds is 4. The fourth-order valence-electron chi connectivity index (χ4n) is 2.08. The molecule has 18 heavy (non-hydrogen) atoms. The third-order valence-corrected chi connectivity index (χ3v) is 3.41. The van der Waals surface area contributed by atoms with Crippen LogP contribution in [0.15, 0.2) is 24.3 Å². The second kappa shape index (κ2) is 5.35. The second-order valence-electron chi connectivity index (χ2n) is 4.10. The van der Waals surface area contributed by atoms with Gasteiger partial charge < -0.3 is 14.5 Å². The van der Waals surface area contributed by atoms with Crippen LogP contribution in [0.2, 0.25) is 0 Å². The lowest BCUT2D eigenvalue weighted by Gasteiger charge is -2.18. The third-order valence-electron chi connectivity index (χ3n) is 3.09. The molecule has 0 aliphatic carbocycles. The molecule has 2 rings (SSSR count). The van der Waals surface area contributed by atoms with Gasteiger partial charge in [0.25, 0.3) is 0 Å². The number of para-hydroxylation sites is 2. The number of carbonyl (C=O) groups excluding carboxylic acids is 1. The Labute approximate surface area is 111 Å². The molecule has 0 radical (unpaired) electrons. The summed E-state index contributed by atoms with van der Waals surface area (Å²) in [6.07, 6.45) is 0. The molecular weight excluding hydrogens is 246 g/mol. The van der Waals surface area contributed by atoms with Crippen LogP contribution in [0, 0.1) is 4.77 Å². The van der Waals surface area contributed by atoms with Gasteiger partial charge in [-0.2, -0.15) is 0 Å². The molecule has 0 saturated carbocycles. The maximum atomic E-state index is 12.1. The fourth-order valence-corrected chi connectivity index (χ4v) is 2.35. The van der Waals surface area contributed by atoms with E-state index in [9.17, 15) is 4.79 Å². The van der Waals surface area contributed by atoms with Gasteiger partial charge in [0.15, 0.2) is 4.77 Å². The van der Waals surface area contributed by atoms with Crippen LogP contribution in [-0.2, 0) is 11.3 Å². The Kier molecular flexibility index (Phi) is 3.81. The molecule has 1 heterocycles. The minimum atomic E-state index is 0.0980. The van der Waals surface area contributed by atoms with Crippen LogP contribution in [0.4, 0.5) is 0 Å². The highest BCUT2D eigenvalue weighted by Crippen LogP contribution is 2.13. The number of aromatic nitrogens is 2. The van der Waals surface area contributed by atoms with Gasteiger partial charge in [-0.3, -0.25) is 4.79 Å². The van der Waals surface area contributed by atoms with Gasteiger partial charge in [-0.05, 0) is 38.2 Å². The number of hydrogen-bond acceptors (Lipinski definition) is 2. The van der Waals surface area contributed by atoms with Crippen molar-refractivity contribution in [2.75, 3.05) is 13.1 Å². The number of nitrogens with one attached hydrogen (secondary N) is 1. The van der Waals surface area contributed by atoms with Gasteiger partial charge >= 0.3 is 0 Å². The quantitative estimate of drug-likeness (QED) is 0.861. The minimum absolute atomic E-state index is 0.0980. The smallest absolute Gasteiger partial charge is 0.242 e. The predicted octanol–water partition coefficient (Wildman–Crippen LogP) is 2.57. The molecule has 0 aliphatic rings. The SMILES string of the molecule is CCN(CC)C(=O)Cn1c(=S)[nH]c2ccccc21. The number of fused-ring (bicyclic) bond motifs is 1. The van der Waals surface area contributed by atoms with E-state index in [0.717, 1.165) is 24.1 Å². The first-order chi connectivity index (χ1) is 8.67. The average molecular weight is 263 g/mol. The van der Waals surface area contributed by atoms with E-state index in [2.05, 4.69) is 4.98 Å². The molecule has 0 saturated heterocycles. The van der Waals surface area contributed by atoms with Crippen molar-refractivity contribution in [1.29, 1.82) is 0 Å². The van der Waals surface area contributed by atoms with Crippen molar-refractivity contribution in [3.05, 3.63) is 29.0 Å². The number of hydrogen-bond donors (Lipinski definition) is 1. The first-order valence-corrected chi connectivity index (χ1v) is 6.53. The summed E-state index contributed by atoms with van der Waals surface area (Å²) in [5, 5.41) is 0. The number of H-pyrrole nitrogens is 1. The Morgan fingerprint density at radius 2 is 2.00 bits per heavy atom. The first kappa shape index (κ1) is 12.8. The van der Waals surface area contributed by atoms with Gasteiger partial charge in [-0.15, -0.1) is 0 Å². The molecule has 1 N–H and O–H groups in total. The van der Waals surface area contributed by atoms with Crippen molar-refractivity contribution in [2.45, 2.75) is 20.4 Å². The lowest BCUT2D eigenvalue weighted by Crippen LogP contribution is -2.33. The Morgan fingerprint density at radius 1 is 1.33 bits per heavy atom. The average Bonchev–Trinajstić information content (AvgIpc) is 2.68. The zero-order chi connectivity index (χ0) is 13.1. The summed E-state index contributed by atoms with van der Waals surface area (Å²) >= 11 is 5.27. The first-order valence-electron chi connectivity index (χ1n) is 6.12. The maximum absolute atomic E-state index is 12.1. The van der Waals surface area contributed by atoms with Crippen LogP contribution in [0.1, 0.15) is 13.8 Å². The van der Waals surface area contributed by atoms with Gasteiger partial charge in [-0.25, -0.2) is 0 Å². The summed E-state index contributed by atoms with van der Waals surface area (Å²) in [7, 11) is 0. The minimum Gasteiger partial charge on any atom is -0.342 e. The van der Waals surface area contributed by atoms with Crippen molar-refractivity contribution in [3.63, 3.8) is 0 Å².